The van der Waals surface area contributed by atoms with Gasteiger partial charge >= 0.3 is 0 Å². The fourth-order valence-corrected chi connectivity index (χ4v) is 4.48. The number of ether oxygens (including phenoxy) is 1. The van der Waals surface area contributed by atoms with E-state index in [-0.39, 0.29) is 11.4 Å². The molecule has 4 nitrogen and oxygen atoms in total. The van der Waals surface area contributed by atoms with Gasteiger partial charge in [-0.25, -0.2) is 12.8 Å². The van der Waals surface area contributed by atoms with Gasteiger partial charge in [0.2, 0.25) is 0 Å². The standard InChI is InChI=1S/C21H20FNO3S/c1-16-8-9-18(22)14-21(16)27(24,25)23(15-17-6-4-3-5-7-17)19-10-12-20(26-2)13-11-19/h3-14H,15H2,1-2H3. The molecule has 0 heterocycles. The van der Waals surface area contributed by atoms with Crippen molar-refractivity contribution < 1.29 is 17.5 Å². The lowest BCUT2D eigenvalue weighted by Gasteiger charge is -2.25. The number of nitrogens with zero attached hydrogens (tertiary/aromatic N) is 1. The second kappa shape index (κ2) is 7.80. The van der Waals surface area contributed by atoms with Crippen LogP contribution in [0.5, 0.6) is 5.75 Å². The van der Waals surface area contributed by atoms with Gasteiger partial charge in [0.05, 0.1) is 24.2 Å². The first-order valence-electron chi connectivity index (χ1n) is 8.38. The van der Waals surface area contributed by atoms with Crippen molar-refractivity contribution in [3.63, 3.8) is 0 Å². The Labute approximate surface area is 158 Å². The van der Waals surface area contributed by atoms with Gasteiger partial charge < -0.3 is 4.74 Å². The lowest BCUT2D eigenvalue weighted by Crippen LogP contribution is -2.31. The van der Waals surface area contributed by atoms with E-state index in [2.05, 4.69) is 0 Å². The summed E-state index contributed by atoms with van der Waals surface area (Å²) in [6.07, 6.45) is 0. The zero-order valence-corrected chi connectivity index (χ0v) is 15.9. The first-order valence-corrected chi connectivity index (χ1v) is 9.82. The number of methoxy groups -OCH3 is 1. The Hall–Kier alpha value is -2.86. The Morgan fingerprint density at radius 2 is 1.63 bits per heavy atom. The lowest BCUT2D eigenvalue weighted by molar-refractivity contribution is 0.415. The molecule has 0 saturated heterocycles. The molecular formula is C21H20FNO3S. The van der Waals surface area contributed by atoms with Crippen LogP contribution in [0.1, 0.15) is 11.1 Å². The van der Waals surface area contributed by atoms with Gasteiger partial charge in [-0.05, 0) is 54.4 Å². The Morgan fingerprint density at radius 1 is 0.963 bits per heavy atom. The summed E-state index contributed by atoms with van der Waals surface area (Å²) in [6.45, 7) is 1.78. The maximum Gasteiger partial charge on any atom is 0.264 e. The highest BCUT2D eigenvalue weighted by Crippen LogP contribution is 2.29. The number of rotatable bonds is 6. The normalized spacial score (nSPS) is 11.2. The summed E-state index contributed by atoms with van der Waals surface area (Å²) < 4.78 is 47.0. The van der Waals surface area contributed by atoms with Crippen molar-refractivity contribution in [2.75, 3.05) is 11.4 Å². The van der Waals surface area contributed by atoms with Crippen molar-refractivity contribution in [1.82, 2.24) is 0 Å². The van der Waals surface area contributed by atoms with E-state index in [9.17, 15) is 12.8 Å². The van der Waals surface area contributed by atoms with Crippen LogP contribution in [0.3, 0.4) is 0 Å². The van der Waals surface area contributed by atoms with E-state index in [1.165, 1.54) is 16.4 Å². The van der Waals surface area contributed by atoms with Crippen LogP contribution in [-0.2, 0) is 16.6 Å². The van der Waals surface area contributed by atoms with Crippen LogP contribution in [0, 0.1) is 12.7 Å². The Bertz CT molecular complexity index is 1020. The van der Waals surface area contributed by atoms with E-state index in [1.54, 1.807) is 38.3 Å². The van der Waals surface area contributed by atoms with Gasteiger partial charge in [0.15, 0.2) is 0 Å². The van der Waals surface area contributed by atoms with Crippen molar-refractivity contribution in [2.24, 2.45) is 0 Å². The first-order chi connectivity index (χ1) is 12.9. The smallest absolute Gasteiger partial charge is 0.264 e. The maximum atomic E-state index is 13.8. The molecule has 3 aromatic rings. The largest absolute Gasteiger partial charge is 0.497 e. The molecule has 0 aromatic heterocycles. The molecule has 0 N–H and O–H groups in total. The number of halogens is 1. The number of aryl methyl sites for hydroxylation is 1. The minimum Gasteiger partial charge on any atom is -0.497 e. The average Bonchev–Trinajstić information content (AvgIpc) is 2.68. The average molecular weight is 385 g/mol. The SMILES string of the molecule is COc1ccc(N(Cc2ccccc2)S(=O)(=O)c2cc(F)ccc2C)cc1. The molecule has 3 aromatic carbocycles. The lowest BCUT2D eigenvalue weighted by atomic mass is 10.2. The summed E-state index contributed by atoms with van der Waals surface area (Å²) in [5.74, 6) is 0.0336. The summed E-state index contributed by atoms with van der Waals surface area (Å²) in [5, 5.41) is 0. The van der Waals surface area contributed by atoms with Gasteiger partial charge in [-0.1, -0.05) is 36.4 Å². The van der Waals surface area contributed by atoms with Crippen LogP contribution >= 0.6 is 0 Å². The number of hydrogen-bond donors (Lipinski definition) is 0. The molecule has 6 heteroatoms. The number of benzene rings is 3. The fourth-order valence-electron chi connectivity index (χ4n) is 2.78. The van der Waals surface area contributed by atoms with Crippen molar-refractivity contribution in [2.45, 2.75) is 18.4 Å². The van der Waals surface area contributed by atoms with E-state index in [4.69, 9.17) is 4.74 Å². The number of hydrogen-bond acceptors (Lipinski definition) is 3. The zero-order chi connectivity index (χ0) is 19.4. The molecule has 3 rings (SSSR count). The van der Waals surface area contributed by atoms with Crippen molar-refractivity contribution in [1.29, 1.82) is 0 Å². The van der Waals surface area contributed by atoms with Crippen LogP contribution in [0.25, 0.3) is 0 Å². The van der Waals surface area contributed by atoms with Crippen LogP contribution in [0.2, 0.25) is 0 Å². The molecule has 0 unspecified atom stereocenters. The van der Waals surface area contributed by atoms with Gasteiger partial charge in [0.25, 0.3) is 10.0 Å². The Kier molecular flexibility index (Phi) is 5.46. The van der Waals surface area contributed by atoms with Crippen LogP contribution in [0.15, 0.2) is 77.7 Å². The number of anilines is 1. The molecule has 0 aliphatic heterocycles. The number of sulfonamides is 1. The Balaban J connectivity index is 2.11. The molecule has 0 radical (unpaired) electrons. The van der Waals surface area contributed by atoms with Gasteiger partial charge in [-0.15, -0.1) is 0 Å². The molecule has 0 aliphatic carbocycles. The minimum atomic E-state index is -3.97. The molecule has 0 spiro atoms. The van der Waals surface area contributed by atoms with Crippen LogP contribution in [-0.4, -0.2) is 15.5 Å². The van der Waals surface area contributed by atoms with Gasteiger partial charge in [-0.2, -0.15) is 0 Å². The minimum absolute atomic E-state index is 0.0470. The van der Waals surface area contributed by atoms with E-state index in [0.29, 0.717) is 17.0 Å². The zero-order valence-electron chi connectivity index (χ0n) is 15.1. The summed E-state index contributed by atoms with van der Waals surface area (Å²) in [6, 6.07) is 19.8. The second-order valence-electron chi connectivity index (χ2n) is 6.11. The third kappa shape index (κ3) is 4.11. The first kappa shape index (κ1) is 18.9. The molecule has 0 fully saturated rings. The quantitative estimate of drug-likeness (QED) is 0.626. The molecular weight excluding hydrogens is 365 g/mol. The third-order valence-corrected chi connectivity index (χ3v) is 6.16. The highest BCUT2D eigenvalue weighted by Gasteiger charge is 2.27. The van der Waals surface area contributed by atoms with Gasteiger partial charge in [-0.3, -0.25) is 4.31 Å². The van der Waals surface area contributed by atoms with Gasteiger partial charge in [0, 0.05) is 0 Å². The van der Waals surface area contributed by atoms with E-state index < -0.39 is 15.8 Å². The molecule has 27 heavy (non-hydrogen) atoms. The third-order valence-electron chi connectivity index (χ3n) is 4.25. The molecule has 0 saturated carbocycles. The van der Waals surface area contributed by atoms with Crippen molar-refractivity contribution >= 4 is 15.7 Å². The highest BCUT2D eigenvalue weighted by molar-refractivity contribution is 7.92. The highest BCUT2D eigenvalue weighted by atomic mass is 32.2. The molecule has 0 amide bonds. The van der Waals surface area contributed by atoms with E-state index in [1.807, 2.05) is 30.3 Å². The maximum absolute atomic E-state index is 13.8. The summed E-state index contributed by atoms with van der Waals surface area (Å²) >= 11 is 0. The van der Waals surface area contributed by atoms with Crippen LogP contribution < -0.4 is 9.04 Å². The summed E-state index contributed by atoms with van der Waals surface area (Å²) in [4.78, 5) is -0.0470. The predicted molar refractivity (Wildman–Crippen MR) is 104 cm³/mol. The monoisotopic (exact) mass is 385 g/mol. The van der Waals surface area contributed by atoms with E-state index >= 15 is 0 Å². The predicted octanol–water partition coefficient (Wildman–Crippen LogP) is 4.54. The van der Waals surface area contributed by atoms with Gasteiger partial charge in [0.1, 0.15) is 11.6 Å². The Morgan fingerprint density at radius 3 is 2.26 bits per heavy atom. The van der Waals surface area contributed by atoms with Crippen molar-refractivity contribution in [3.05, 3.63) is 89.7 Å². The summed E-state index contributed by atoms with van der Waals surface area (Å²) in [7, 11) is -2.43. The topological polar surface area (TPSA) is 46.6 Å². The van der Waals surface area contributed by atoms with Crippen LogP contribution in [0.4, 0.5) is 10.1 Å². The van der Waals surface area contributed by atoms with Crippen molar-refractivity contribution in [3.8, 4) is 5.75 Å². The molecule has 140 valence electrons. The molecule has 0 aliphatic rings. The fraction of sp³-hybridized carbons (Fsp3) is 0.143. The summed E-state index contributed by atoms with van der Waals surface area (Å²) in [5.41, 5.74) is 1.79. The van der Waals surface area contributed by atoms with E-state index in [0.717, 1.165) is 11.6 Å². The second-order valence-corrected chi connectivity index (χ2v) is 7.94. The molecule has 0 bridgehead atoms. The molecule has 0 atom stereocenters.